The van der Waals surface area contributed by atoms with Crippen LogP contribution in [0.25, 0.3) is 0 Å². The predicted molar refractivity (Wildman–Crippen MR) is 87.1 cm³/mol. The van der Waals surface area contributed by atoms with Gasteiger partial charge in [-0.25, -0.2) is 14.4 Å². The van der Waals surface area contributed by atoms with Crippen LogP contribution in [0.5, 0.6) is 5.75 Å². The Bertz CT molecular complexity index is 617. The molecule has 0 unspecified atom stereocenters. The summed E-state index contributed by atoms with van der Waals surface area (Å²) in [5.41, 5.74) is 1.14. The van der Waals surface area contributed by atoms with Gasteiger partial charge in [0, 0.05) is 32.7 Å². The van der Waals surface area contributed by atoms with Crippen molar-refractivity contribution in [3.63, 3.8) is 0 Å². The largest absolute Gasteiger partial charge is 0.494 e. The van der Waals surface area contributed by atoms with Crippen LogP contribution in [-0.2, 0) is 6.54 Å². The third kappa shape index (κ3) is 4.16. The normalized spacial score (nSPS) is 16.2. The molecule has 0 bridgehead atoms. The van der Waals surface area contributed by atoms with Gasteiger partial charge < -0.3 is 9.64 Å². The highest BCUT2D eigenvalue weighted by molar-refractivity contribution is 5.31. The quantitative estimate of drug-likeness (QED) is 0.866. The molecule has 1 aromatic carbocycles. The van der Waals surface area contributed by atoms with Crippen molar-refractivity contribution in [3.05, 3.63) is 48.0 Å². The topological polar surface area (TPSA) is 41.5 Å². The van der Waals surface area contributed by atoms with Crippen molar-refractivity contribution >= 4 is 5.95 Å². The first kappa shape index (κ1) is 15.7. The molecule has 1 aromatic heterocycles. The lowest BCUT2D eigenvalue weighted by Gasteiger charge is -2.22. The highest BCUT2D eigenvalue weighted by atomic mass is 19.1. The molecule has 5 nitrogen and oxygen atoms in total. The van der Waals surface area contributed by atoms with Crippen molar-refractivity contribution in [3.8, 4) is 5.75 Å². The number of aromatic nitrogens is 2. The van der Waals surface area contributed by atoms with Gasteiger partial charge in [-0.05, 0) is 24.1 Å². The number of anilines is 1. The lowest BCUT2D eigenvalue weighted by atomic mass is 10.2. The van der Waals surface area contributed by atoms with Crippen LogP contribution in [0.2, 0.25) is 0 Å². The van der Waals surface area contributed by atoms with E-state index in [1.807, 2.05) is 12.1 Å². The van der Waals surface area contributed by atoms with E-state index >= 15 is 0 Å². The molecule has 1 fully saturated rings. The molecule has 122 valence electrons. The van der Waals surface area contributed by atoms with E-state index in [2.05, 4.69) is 19.8 Å². The second-order valence-electron chi connectivity index (χ2n) is 5.67. The summed E-state index contributed by atoms with van der Waals surface area (Å²) < 4.78 is 18.1. The number of ether oxygens (including phenoxy) is 1. The number of nitrogens with zero attached hydrogens (tertiary/aromatic N) is 4. The molecule has 2 aromatic rings. The van der Waals surface area contributed by atoms with Crippen molar-refractivity contribution in [1.82, 2.24) is 14.9 Å². The number of hydrogen-bond donors (Lipinski definition) is 0. The second kappa shape index (κ2) is 7.37. The van der Waals surface area contributed by atoms with Gasteiger partial charge in [-0.15, -0.1) is 0 Å². The fourth-order valence-corrected chi connectivity index (χ4v) is 2.76. The van der Waals surface area contributed by atoms with E-state index < -0.39 is 0 Å². The second-order valence-corrected chi connectivity index (χ2v) is 5.67. The van der Waals surface area contributed by atoms with Crippen molar-refractivity contribution < 1.29 is 9.13 Å². The fourth-order valence-electron chi connectivity index (χ4n) is 2.76. The smallest absolute Gasteiger partial charge is 0.225 e. The van der Waals surface area contributed by atoms with E-state index in [-0.39, 0.29) is 5.82 Å². The molecule has 0 saturated carbocycles. The maximum atomic E-state index is 13.0. The molecule has 1 aliphatic heterocycles. The van der Waals surface area contributed by atoms with Crippen molar-refractivity contribution in [2.75, 3.05) is 38.2 Å². The molecule has 0 atom stereocenters. The molecule has 23 heavy (non-hydrogen) atoms. The summed E-state index contributed by atoms with van der Waals surface area (Å²) in [5.74, 6) is 1.23. The Morgan fingerprint density at radius 3 is 2.48 bits per heavy atom. The molecule has 3 rings (SSSR count). The Labute approximate surface area is 135 Å². The first-order valence-corrected chi connectivity index (χ1v) is 7.82. The van der Waals surface area contributed by atoms with Gasteiger partial charge >= 0.3 is 0 Å². The molecule has 1 saturated heterocycles. The molecule has 0 aliphatic carbocycles. The van der Waals surface area contributed by atoms with Gasteiger partial charge in [-0.2, -0.15) is 0 Å². The van der Waals surface area contributed by atoms with Crippen molar-refractivity contribution in [2.45, 2.75) is 13.0 Å². The minimum atomic E-state index is -0.188. The van der Waals surface area contributed by atoms with Crippen LogP contribution in [0, 0.1) is 5.82 Å². The van der Waals surface area contributed by atoms with Gasteiger partial charge in [0.25, 0.3) is 0 Å². The molecular formula is C17H21FN4O. The van der Waals surface area contributed by atoms with E-state index in [0.717, 1.165) is 50.7 Å². The summed E-state index contributed by atoms with van der Waals surface area (Å²) in [7, 11) is 1.61. The van der Waals surface area contributed by atoms with Crippen LogP contribution in [0.1, 0.15) is 12.0 Å². The van der Waals surface area contributed by atoms with Gasteiger partial charge in [0.1, 0.15) is 5.82 Å². The lowest BCUT2D eigenvalue weighted by molar-refractivity contribution is 0.285. The van der Waals surface area contributed by atoms with E-state index in [1.165, 1.54) is 12.1 Å². The number of rotatable bonds is 4. The summed E-state index contributed by atoms with van der Waals surface area (Å²) in [6.07, 6.45) is 4.45. The maximum absolute atomic E-state index is 13.0. The number of benzene rings is 1. The maximum Gasteiger partial charge on any atom is 0.225 e. The Kier molecular flexibility index (Phi) is 5.02. The zero-order valence-corrected chi connectivity index (χ0v) is 13.3. The lowest BCUT2D eigenvalue weighted by Crippen LogP contribution is -2.31. The minimum Gasteiger partial charge on any atom is -0.494 e. The predicted octanol–water partition coefficient (Wildman–Crippen LogP) is 2.34. The molecule has 6 heteroatoms. The van der Waals surface area contributed by atoms with Crippen LogP contribution in [-0.4, -0.2) is 48.2 Å². The van der Waals surface area contributed by atoms with Gasteiger partial charge in [0.15, 0.2) is 5.75 Å². The fraction of sp³-hybridized carbons (Fsp3) is 0.412. The molecular weight excluding hydrogens is 295 g/mol. The van der Waals surface area contributed by atoms with E-state index in [9.17, 15) is 4.39 Å². The minimum absolute atomic E-state index is 0.188. The highest BCUT2D eigenvalue weighted by Crippen LogP contribution is 2.15. The summed E-state index contributed by atoms with van der Waals surface area (Å²) in [6.45, 7) is 4.62. The Morgan fingerprint density at radius 2 is 1.78 bits per heavy atom. The molecule has 0 amide bonds. The molecule has 1 aliphatic rings. The van der Waals surface area contributed by atoms with Gasteiger partial charge in [0.2, 0.25) is 5.95 Å². The molecule has 2 heterocycles. The first-order valence-electron chi connectivity index (χ1n) is 7.82. The molecule has 0 spiro atoms. The summed E-state index contributed by atoms with van der Waals surface area (Å²) in [6, 6.07) is 6.74. The van der Waals surface area contributed by atoms with Crippen molar-refractivity contribution in [2.24, 2.45) is 0 Å². The highest BCUT2D eigenvalue weighted by Gasteiger charge is 2.17. The monoisotopic (exact) mass is 316 g/mol. The summed E-state index contributed by atoms with van der Waals surface area (Å²) in [5, 5.41) is 0. The average molecular weight is 316 g/mol. The van der Waals surface area contributed by atoms with Crippen LogP contribution < -0.4 is 9.64 Å². The molecule has 0 radical (unpaired) electrons. The summed E-state index contributed by atoms with van der Waals surface area (Å²) in [4.78, 5) is 13.3. The first-order chi connectivity index (χ1) is 11.2. The van der Waals surface area contributed by atoms with Gasteiger partial charge in [-0.3, -0.25) is 4.90 Å². The van der Waals surface area contributed by atoms with E-state index in [1.54, 1.807) is 19.5 Å². The van der Waals surface area contributed by atoms with Crippen LogP contribution in [0.3, 0.4) is 0 Å². The van der Waals surface area contributed by atoms with Gasteiger partial charge in [-0.1, -0.05) is 12.1 Å². The third-order valence-corrected chi connectivity index (χ3v) is 4.04. The third-order valence-electron chi connectivity index (χ3n) is 4.04. The standard InChI is InChI=1S/C17H21FN4O/c1-23-16-11-19-17(20-12-16)22-8-2-7-21(9-10-22)13-14-3-5-15(18)6-4-14/h3-6,11-12H,2,7-10,13H2,1H3. The van der Waals surface area contributed by atoms with Crippen molar-refractivity contribution in [1.29, 1.82) is 0 Å². The number of methoxy groups -OCH3 is 1. The Balaban J connectivity index is 1.59. The SMILES string of the molecule is COc1cnc(N2CCCN(Cc3ccc(F)cc3)CC2)nc1. The van der Waals surface area contributed by atoms with Crippen LogP contribution in [0.4, 0.5) is 10.3 Å². The van der Waals surface area contributed by atoms with E-state index in [0.29, 0.717) is 5.75 Å². The average Bonchev–Trinajstić information content (AvgIpc) is 2.83. The van der Waals surface area contributed by atoms with Gasteiger partial charge in [0.05, 0.1) is 19.5 Å². The zero-order valence-electron chi connectivity index (χ0n) is 13.3. The van der Waals surface area contributed by atoms with E-state index in [4.69, 9.17) is 4.74 Å². The Hall–Kier alpha value is -2.21. The number of hydrogen-bond acceptors (Lipinski definition) is 5. The summed E-state index contributed by atoms with van der Waals surface area (Å²) >= 11 is 0. The molecule has 0 N–H and O–H groups in total. The van der Waals surface area contributed by atoms with Crippen LogP contribution >= 0.6 is 0 Å². The Morgan fingerprint density at radius 1 is 1.04 bits per heavy atom. The number of halogens is 1. The van der Waals surface area contributed by atoms with Crippen LogP contribution in [0.15, 0.2) is 36.7 Å². The zero-order chi connectivity index (χ0) is 16.1.